The van der Waals surface area contributed by atoms with Crippen LogP contribution in [0.4, 0.5) is 10.7 Å². The van der Waals surface area contributed by atoms with E-state index in [-0.39, 0.29) is 5.78 Å². The molecule has 3 N–H and O–H groups in total. The fourth-order valence-corrected chi connectivity index (χ4v) is 2.39. The highest BCUT2D eigenvalue weighted by Crippen LogP contribution is 2.42. The number of carbonyl (C=O) groups is 1. The number of nitrogens with one attached hydrogen (secondary N) is 1. The summed E-state index contributed by atoms with van der Waals surface area (Å²) >= 11 is 1.32. The first-order valence-corrected chi connectivity index (χ1v) is 5.81. The van der Waals surface area contributed by atoms with Crippen LogP contribution in [0.15, 0.2) is 12.7 Å². The third-order valence-electron chi connectivity index (χ3n) is 2.09. The Morgan fingerprint density at radius 1 is 1.69 bits per heavy atom. The number of thiophene rings is 1. The van der Waals surface area contributed by atoms with Crippen LogP contribution in [0, 0.1) is 0 Å². The Kier molecular flexibility index (Phi) is 4.37. The van der Waals surface area contributed by atoms with Gasteiger partial charge in [0.05, 0.1) is 17.7 Å². The number of carbonyl (C=O) groups excluding carboxylic acids is 1. The van der Waals surface area contributed by atoms with Gasteiger partial charge in [-0.2, -0.15) is 0 Å². The van der Waals surface area contributed by atoms with E-state index in [1.807, 2.05) is 6.92 Å². The summed E-state index contributed by atoms with van der Waals surface area (Å²) < 4.78 is 5.18. The maximum atomic E-state index is 11.6. The van der Waals surface area contributed by atoms with E-state index in [2.05, 4.69) is 11.9 Å². The molecule has 0 aliphatic carbocycles. The largest absolute Gasteiger partial charge is 0.492 e. The van der Waals surface area contributed by atoms with E-state index in [0.717, 1.165) is 5.00 Å². The van der Waals surface area contributed by atoms with E-state index >= 15 is 0 Å². The second-order valence-electron chi connectivity index (χ2n) is 3.15. The van der Waals surface area contributed by atoms with Gasteiger partial charge >= 0.3 is 0 Å². The topological polar surface area (TPSA) is 64.4 Å². The van der Waals surface area contributed by atoms with Gasteiger partial charge in [0.2, 0.25) is 0 Å². The molecule has 0 saturated carbocycles. The van der Waals surface area contributed by atoms with Crippen LogP contribution >= 0.6 is 11.3 Å². The highest BCUT2D eigenvalue weighted by atomic mass is 32.1. The number of Topliss-reactive ketones (excluding diaryl/α,β-unsaturated/α-hetero) is 1. The zero-order valence-electron chi connectivity index (χ0n) is 9.50. The van der Waals surface area contributed by atoms with Gasteiger partial charge in [-0.05, 0) is 0 Å². The molecule has 0 aromatic carbocycles. The summed E-state index contributed by atoms with van der Waals surface area (Å²) in [5.41, 5.74) is 6.28. The molecule has 1 aromatic rings. The van der Waals surface area contributed by atoms with Crippen LogP contribution in [-0.4, -0.2) is 19.4 Å². The fourth-order valence-electron chi connectivity index (χ4n) is 1.28. The van der Waals surface area contributed by atoms with Crippen LogP contribution in [0.2, 0.25) is 0 Å². The average molecular weight is 240 g/mol. The predicted octanol–water partition coefficient (Wildman–Crippen LogP) is 2.53. The van der Waals surface area contributed by atoms with E-state index in [1.165, 1.54) is 18.4 Å². The number of nitrogen functional groups attached to an aromatic ring is 1. The Labute approximate surface area is 99.1 Å². The van der Waals surface area contributed by atoms with Crippen LogP contribution in [0.5, 0.6) is 5.75 Å². The molecule has 1 aromatic heterocycles. The van der Waals surface area contributed by atoms with Crippen molar-refractivity contribution in [3.63, 3.8) is 0 Å². The molecule has 0 spiro atoms. The average Bonchev–Trinajstić information content (AvgIpc) is 2.62. The van der Waals surface area contributed by atoms with Crippen molar-refractivity contribution in [2.75, 3.05) is 24.7 Å². The number of hydrogen-bond acceptors (Lipinski definition) is 5. The molecule has 16 heavy (non-hydrogen) atoms. The Morgan fingerprint density at radius 3 is 2.88 bits per heavy atom. The van der Waals surface area contributed by atoms with Crippen molar-refractivity contribution in [3.8, 4) is 5.75 Å². The van der Waals surface area contributed by atoms with Gasteiger partial charge in [-0.15, -0.1) is 17.9 Å². The lowest BCUT2D eigenvalue weighted by Gasteiger charge is -2.03. The van der Waals surface area contributed by atoms with Crippen LogP contribution in [-0.2, 0) is 0 Å². The molecule has 88 valence electrons. The molecular weight excluding hydrogens is 224 g/mol. The number of ether oxygens (including phenoxy) is 1. The van der Waals surface area contributed by atoms with Gasteiger partial charge in [-0.3, -0.25) is 4.79 Å². The van der Waals surface area contributed by atoms with Crippen molar-refractivity contribution in [3.05, 3.63) is 17.5 Å². The first-order valence-electron chi connectivity index (χ1n) is 4.99. The molecule has 0 saturated heterocycles. The molecule has 5 heteroatoms. The van der Waals surface area contributed by atoms with Crippen molar-refractivity contribution in [2.45, 2.75) is 13.3 Å². The normalized spacial score (nSPS) is 9.88. The minimum absolute atomic E-state index is 0.0347. The van der Waals surface area contributed by atoms with E-state index in [1.54, 1.807) is 6.08 Å². The zero-order chi connectivity index (χ0) is 12.1. The lowest BCUT2D eigenvalue weighted by atomic mass is 10.2. The molecule has 0 bridgehead atoms. The molecule has 0 atom stereocenters. The van der Waals surface area contributed by atoms with Crippen LogP contribution in [0.1, 0.15) is 23.0 Å². The highest BCUT2D eigenvalue weighted by Gasteiger charge is 2.20. The van der Waals surface area contributed by atoms with Crippen LogP contribution in [0.3, 0.4) is 0 Å². The standard InChI is InChI=1S/C11H16N2O2S/c1-4-6-13-11-9(15-3)8(12)10(16-11)7(14)5-2/h4,13H,1,5-6,12H2,2-3H3. The van der Waals surface area contributed by atoms with Crippen molar-refractivity contribution in [2.24, 2.45) is 0 Å². The molecular formula is C11H16N2O2S. The third kappa shape index (κ3) is 2.36. The molecule has 0 amide bonds. The second-order valence-corrected chi connectivity index (χ2v) is 4.17. The summed E-state index contributed by atoms with van der Waals surface area (Å²) in [5, 5.41) is 3.87. The quantitative estimate of drug-likeness (QED) is 0.592. The molecule has 0 fully saturated rings. The molecule has 0 aliphatic rings. The Bertz CT molecular complexity index is 399. The van der Waals surface area contributed by atoms with Crippen molar-refractivity contribution in [1.29, 1.82) is 0 Å². The van der Waals surface area contributed by atoms with Gasteiger partial charge in [0, 0.05) is 13.0 Å². The predicted molar refractivity (Wildman–Crippen MR) is 68.6 cm³/mol. The summed E-state index contributed by atoms with van der Waals surface area (Å²) in [4.78, 5) is 12.2. The molecule has 0 aliphatic heterocycles. The molecule has 1 rings (SSSR count). The molecule has 1 heterocycles. The Morgan fingerprint density at radius 2 is 2.38 bits per heavy atom. The number of anilines is 2. The smallest absolute Gasteiger partial charge is 0.176 e. The minimum Gasteiger partial charge on any atom is -0.492 e. The molecule has 0 radical (unpaired) electrons. The lowest BCUT2D eigenvalue weighted by Crippen LogP contribution is -1.99. The van der Waals surface area contributed by atoms with Gasteiger partial charge in [-0.1, -0.05) is 13.0 Å². The van der Waals surface area contributed by atoms with Crippen molar-refractivity contribution < 1.29 is 9.53 Å². The first kappa shape index (κ1) is 12.6. The van der Waals surface area contributed by atoms with E-state index in [9.17, 15) is 4.79 Å². The second kappa shape index (κ2) is 5.55. The van der Waals surface area contributed by atoms with Crippen LogP contribution < -0.4 is 15.8 Å². The van der Waals surface area contributed by atoms with Crippen molar-refractivity contribution >= 4 is 27.8 Å². The van der Waals surface area contributed by atoms with Gasteiger partial charge in [0.25, 0.3) is 0 Å². The summed E-state index contributed by atoms with van der Waals surface area (Å²) in [5.74, 6) is 0.580. The third-order valence-corrected chi connectivity index (χ3v) is 3.27. The highest BCUT2D eigenvalue weighted by molar-refractivity contribution is 7.19. The minimum atomic E-state index is 0.0347. The van der Waals surface area contributed by atoms with E-state index in [0.29, 0.717) is 29.3 Å². The summed E-state index contributed by atoms with van der Waals surface area (Å²) in [6.45, 7) is 6.03. The van der Waals surface area contributed by atoms with Gasteiger partial charge in [0.15, 0.2) is 11.5 Å². The summed E-state index contributed by atoms with van der Waals surface area (Å²) in [6.07, 6.45) is 2.17. The maximum absolute atomic E-state index is 11.6. The number of methoxy groups -OCH3 is 1. The summed E-state index contributed by atoms with van der Waals surface area (Å²) in [7, 11) is 1.54. The lowest BCUT2D eigenvalue weighted by molar-refractivity contribution is 0.0992. The van der Waals surface area contributed by atoms with Crippen molar-refractivity contribution in [1.82, 2.24) is 0 Å². The fraction of sp³-hybridized carbons (Fsp3) is 0.364. The molecule has 4 nitrogen and oxygen atoms in total. The Hall–Kier alpha value is -1.49. The van der Waals surface area contributed by atoms with E-state index < -0.39 is 0 Å². The monoisotopic (exact) mass is 240 g/mol. The van der Waals surface area contributed by atoms with Gasteiger partial charge < -0.3 is 15.8 Å². The SMILES string of the molecule is C=CCNc1sc(C(=O)CC)c(N)c1OC. The Balaban J connectivity index is 3.08. The molecule has 0 unspecified atom stereocenters. The number of rotatable bonds is 6. The first-order chi connectivity index (χ1) is 7.65. The number of hydrogen-bond donors (Lipinski definition) is 2. The van der Waals surface area contributed by atoms with E-state index in [4.69, 9.17) is 10.5 Å². The van der Waals surface area contributed by atoms with Gasteiger partial charge in [-0.25, -0.2) is 0 Å². The summed E-state index contributed by atoms with van der Waals surface area (Å²) in [6, 6.07) is 0. The van der Waals surface area contributed by atoms with Crippen LogP contribution in [0.25, 0.3) is 0 Å². The maximum Gasteiger partial charge on any atom is 0.176 e. The number of nitrogens with two attached hydrogens (primary N) is 1. The zero-order valence-corrected chi connectivity index (χ0v) is 10.3. The number of ketones is 1. The van der Waals surface area contributed by atoms with Gasteiger partial charge in [0.1, 0.15) is 5.00 Å².